The Bertz CT molecular complexity index is 744. The number of halogens is 3. The maximum absolute atomic E-state index is 14.3. The maximum atomic E-state index is 14.3. The smallest absolute Gasteiger partial charge is 0.339 e. The topological polar surface area (TPSA) is 44.1 Å². The van der Waals surface area contributed by atoms with Gasteiger partial charge in [-0.15, -0.1) is 0 Å². The molecule has 0 aliphatic heterocycles. The summed E-state index contributed by atoms with van der Waals surface area (Å²) < 4.78 is 21.7. The van der Waals surface area contributed by atoms with Crippen molar-refractivity contribution in [1.82, 2.24) is 9.78 Å². The quantitative estimate of drug-likeness (QED) is 0.725. The van der Waals surface area contributed by atoms with Gasteiger partial charge < -0.3 is 4.74 Å². The maximum Gasteiger partial charge on any atom is 0.339 e. The van der Waals surface area contributed by atoms with Gasteiger partial charge in [0.2, 0.25) is 0 Å². The highest BCUT2D eigenvalue weighted by Crippen LogP contribution is 2.34. The summed E-state index contributed by atoms with van der Waals surface area (Å²) in [5.41, 5.74) is 1.56. The van der Waals surface area contributed by atoms with Gasteiger partial charge >= 0.3 is 5.97 Å². The van der Waals surface area contributed by atoms with Crippen LogP contribution in [0.3, 0.4) is 0 Å². The molecule has 0 bridgehead atoms. The summed E-state index contributed by atoms with van der Waals surface area (Å²) in [5.74, 6) is -1.14. The van der Waals surface area contributed by atoms with Crippen LogP contribution in [-0.2, 0) is 11.8 Å². The van der Waals surface area contributed by atoms with Gasteiger partial charge in [-0.25, -0.2) is 9.18 Å². The lowest BCUT2D eigenvalue weighted by Gasteiger charge is -2.11. The molecule has 0 aliphatic carbocycles. The number of nitrogens with zero attached hydrogens (tertiary/aromatic N) is 2. The van der Waals surface area contributed by atoms with Crippen LogP contribution in [0.2, 0.25) is 5.02 Å². The molecule has 118 valence electrons. The molecule has 0 radical (unpaired) electrons. The zero-order chi connectivity index (χ0) is 16.6. The van der Waals surface area contributed by atoms with E-state index in [0.717, 1.165) is 11.8 Å². The number of esters is 1. The Balaban J connectivity index is 2.57. The number of aryl methyl sites for hydroxylation is 1. The Morgan fingerprint density at radius 2 is 2.09 bits per heavy atom. The molecule has 0 N–H and O–H groups in total. The second-order valence-corrected chi connectivity index (χ2v) is 6.34. The number of benzene rings is 1. The molecule has 0 aliphatic rings. The van der Waals surface area contributed by atoms with E-state index >= 15 is 0 Å². The van der Waals surface area contributed by atoms with Crippen LogP contribution < -0.4 is 0 Å². The van der Waals surface area contributed by atoms with Crippen molar-refractivity contribution >= 4 is 33.5 Å². The SMILES string of the molecule is Cc1c(Br)c(-c2cc(C(=O)OC(C)C)c(Cl)cc2F)nn1C. The second kappa shape index (κ2) is 6.38. The first-order valence-electron chi connectivity index (χ1n) is 6.61. The molecule has 1 aromatic carbocycles. The molecule has 1 aromatic heterocycles. The molecular weight excluding hydrogens is 375 g/mol. The first kappa shape index (κ1) is 17.0. The molecule has 0 unspecified atom stereocenters. The van der Waals surface area contributed by atoms with Crippen molar-refractivity contribution < 1.29 is 13.9 Å². The van der Waals surface area contributed by atoms with Crippen molar-refractivity contribution in [3.8, 4) is 11.3 Å². The number of hydrogen-bond donors (Lipinski definition) is 0. The summed E-state index contributed by atoms with van der Waals surface area (Å²) >= 11 is 9.36. The molecule has 2 aromatic rings. The fraction of sp³-hybridized carbons (Fsp3) is 0.333. The normalized spacial score (nSPS) is 11.1. The van der Waals surface area contributed by atoms with Crippen LogP contribution in [0.5, 0.6) is 0 Å². The summed E-state index contributed by atoms with van der Waals surface area (Å²) in [6.07, 6.45) is -0.291. The Labute approximate surface area is 141 Å². The van der Waals surface area contributed by atoms with E-state index in [9.17, 15) is 9.18 Å². The van der Waals surface area contributed by atoms with Crippen LogP contribution in [0.15, 0.2) is 16.6 Å². The lowest BCUT2D eigenvalue weighted by atomic mass is 10.1. The molecule has 0 saturated carbocycles. The number of carbonyl (C=O) groups is 1. The molecule has 1 heterocycles. The molecule has 0 spiro atoms. The highest BCUT2D eigenvalue weighted by atomic mass is 79.9. The molecule has 0 amide bonds. The van der Waals surface area contributed by atoms with Crippen LogP contribution in [0.25, 0.3) is 11.3 Å². The summed E-state index contributed by atoms with van der Waals surface area (Å²) in [5, 5.41) is 4.28. The Kier molecular flexibility index (Phi) is 4.92. The summed E-state index contributed by atoms with van der Waals surface area (Å²) in [7, 11) is 1.76. The third-order valence-electron chi connectivity index (χ3n) is 3.14. The molecule has 2 rings (SSSR count). The van der Waals surface area contributed by atoms with Crippen LogP contribution in [-0.4, -0.2) is 21.9 Å². The van der Waals surface area contributed by atoms with Crippen LogP contribution in [0, 0.1) is 12.7 Å². The Morgan fingerprint density at radius 3 is 2.59 bits per heavy atom. The van der Waals surface area contributed by atoms with Crippen LogP contribution in [0.1, 0.15) is 29.9 Å². The Hall–Kier alpha value is -1.40. The number of carbonyl (C=O) groups excluding carboxylic acids is 1. The van der Waals surface area contributed by atoms with Crippen molar-refractivity contribution in [2.75, 3.05) is 0 Å². The zero-order valence-corrected chi connectivity index (χ0v) is 14.9. The van der Waals surface area contributed by atoms with E-state index in [-0.39, 0.29) is 22.3 Å². The van der Waals surface area contributed by atoms with Gasteiger partial charge in [0, 0.05) is 18.3 Å². The van der Waals surface area contributed by atoms with Crippen molar-refractivity contribution in [3.05, 3.63) is 38.7 Å². The lowest BCUT2D eigenvalue weighted by molar-refractivity contribution is 0.0378. The van der Waals surface area contributed by atoms with E-state index in [0.29, 0.717) is 10.2 Å². The number of hydrogen-bond acceptors (Lipinski definition) is 3. The monoisotopic (exact) mass is 388 g/mol. The third-order valence-corrected chi connectivity index (χ3v) is 4.40. The predicted octanol–water partition coefficient (Wildman–Crippen LogP) is 4.52. The van der Waals surface area contributed by atoms with Gasteiger partial charge in [0.25, 0.3) is 0 Å². The van der Waals surface area contributed by atoms with Gasteiger partial charge in [-0.2, -0.15) is 5.10 Å². The molecule has 22 heavy (non-hydrogen) atoms. The molecule has 7 heteroatoms. The van der Waals surface area contributed by atoms with Crippen molar-refractivity contribution in [3.63, 3.8) is 0 Å². The van der Waals surface area contributed by atoms with E-state index in [1.807, 2.05) is 6.92 Å². The summed E-state index contributed by atoms with van der Waals surface area (Å²) in [6.45, 7) is 5.31. The van der Waals surface area contributed by atoms with Gasteiger partial charge in [-0.05, 0) is 48.8 Å². The van der Waals surface area contributed by atoms with E-state index in [1.54, 1.807) is 25.6 Å². The number of rotatable bonds is 3. The van der Waals surface area contributed by atoms with Gasteiger partial charge in [0.15, 0.2) is 0 Å². The van der Waals surface area contributed by atoms with Crippen molar-refractivity contribution in [2.45, 2.75) is 26.9 Å². The minimum Gasteiger partial charge on any atom is -0.459 e. The zero-order valence-electron chi connectivity index (χ0n) is 12.6. The standard InChI is InChI=1S/C15H15BrClFN2O2/c1-7(2)22-15(21)9-5-10(12(18)6-11(9)17)14-13(16)8(3)20(4)19-14/h5-7H,1-4H3. The molecular formula is C15H15BrClFN2O2. The molecule has 0 fully saturated rings. The van der Waals surface area contributed by atoms with E-state index < -0.39 is 11.8 Å². The van der Waals surface area contributed by atoms with Crippen molar-refractivity contribution in [1.29, 1.82) is 0 Å². The lowest BCUT2D eigenvalue weighted by Crippen LogP contribution is -2.12. The van der Waals surface area contributed by atoms with E-state index in [1.165, 1.54) is 6.07 Å². The number of ether oxygens (including phenoxy) is 1. The third kappa shape index (κ3) is 3.17. The van der Waals surface area contributed by atoms with E-state index in [4.69, 9.17) is 16.3 Å². The molecule has 0 atom stereocenters. The fourth-order valence-electron chi connectivity index (χ4n) is 1.92. The first-order chi connectivity index (χ1) is 10.2. The van der Waals surface area contributed by atoms with Gasteiger partial charge in [0.1, 0.15) is 11.5 Å². The summed E-state index contributed by atoms with van der Waals surface area (Å²) in [6, 6.07) is 2.47. The average Bonchev–Trinajstić information content (AvgIpc) is 2.65. The highest BCUT2D eigenvalue weighted by Gasteiger charge is 2.21. The van der Waals surface area contributed by atoms with Crippen LogP contribution in [0.4, 0.5) is 4.39 Å². The average molecular weight is 390 g/mol. The van der Waals surface area contributed by atoms with E-state index in [2.05, 4.69) is 21.0 Å². The fourth-order valence-corrected chi connectivity index (χ4v) is 2.70. The molecule has 4 nitrogen and oxygen atoms in total. The second-order valence-electron chi connectivity index (χ2n) is 5.14. The first-order valence-corrected chi connectivity index (χ1v) is 7.79. The van der Waals surface area contributed by atoms with Crippen molar-refractivity contribution in [2.24, 2.45) is 7.05 Å². The van der Waals surface area contributed by atoms with Gasteiger partial charge in [-0.3, -0.25) is 4.68 Å². The van der Waals surface area contributed by atoms with Gasteiger partial charge in [-0.1, -0.05) is 11.6 Å². The largest absolute Gasteiger partial charge is 0.459 e. The Morgan fingerprint density at radius 1 is 1.45 bits per heavy atom. The predicted molar refractivity (Wildman–Crippen MR) is 86.6 cm³/mol. The highest BCUT2D eigenvalue weighted by molar-refractivity contribution is 9.10. The minimum absolute atomic E-state index is 0.00988. The minimum atomic E-state index is -0.593. The van der Waals surface area contributed by atoms with Gasteiger partial charge in [0.05, 0.1) is 21.2 Å². The summed E-state index contributed by atoms with van der Waals surface area (Å²) in [4.78, 5) is 12.1. The van der Waals surface area contributed by atoms with Crippen LogP contribution >= 0.6 is 27.5 Å². The number of aromatic nitrogens is 2. The molecule has 0 saturated heterocycles.